The van der Waals surface area contributed by atoms with Gasteiger partial charge in [-0.25, -0.2) is 0 Å². The maximum absolute atomic E-state index is 11.8. The molecule has 19 heavy (non-hydrogen) atoms. The Hall–Kier alpha value is -1.79. The van der Waals surface area contributed by atoms with E-state index in [-0.39, 0.29) is 18.6 Å². The Balaban J connectivity index is 2.85. The Kier molecular flexibility index (Phi) is 5.59. The molecule has 0 aliphatic carbocycles. The number of aliphatic hydroxyl groups is 1. The normalized spacial score (nSPS) is 12.0. The van der Waals surface area contributed by atoms with E-state index in [9.17, 15) is 9.90 Å². The molecule has 0 aliphatic rings. The summed E-state index contributed by atoms with van der Waals surface area (Å²) in [5.74, 6) is -0.103. The predicted octanol–water partition coefficient (Wildman–Crippen LogP) is 0.390. The number of anilines is 2. The molecular weight excluding hydrogens is 246 g/mol. The number of nitrogen functional groups attached to an aromatic ring is 1. The molecule has 1 amide bonds. The smallest absolute Gasteiger partial charge is 0.253 e. The van der Waals surface area contributed by atoms with E-state index in [1.165, 1.54) is 4.90 Å². The van der Waals surface area contributed by atoms with Crippen LogP contribution >= 0.6 is 0 Å². The fourth-order valence-electron chi connectivity index (χ4n) is 1.65. The van der Waals surface area contributed by atoms with Gasteiger partial charge in [-0.1, -0.05) is 0 Å². The maximum Gasteiger partial charge on any atom is 0.253 e. The van der Waals surface area contributed by atoms with Crippen molar-refractivity contribution in [3.05, 3.63) is 23.8 Å². The van der Waals surface area contributed by atoms with E-state index in [1.807, 2.05) is 0 Å². The third-order valence-corrected chi connectivity index (χ3v) is 2.65. The van der Waals surface area contributed by atoms with Gasteiger partial charge in [0.2, 0.25) is 0 Å². The molecular formula is C13H21N3O3. The van der Waals surface area contributed by atoms with Crippen molar-refractivity contribution in [2.75, 3.05) is 45.5 Å². The first-order valence-electron chi connectivity index (χ1n) is 5.97. The van der Waals surface area contributed by atoms with Crippen LogP contribution in [0.3, 0.4) is 0 Å². The van der Waals surface area contributed by atoms with Crippen molar-refractivity contribution in [2.24, 2.45) is 0 Å². The number of methoxy groups -OCH3 is 1. The molecule has 4 N–H and O–H groups in total. The molecule has 1 rings (SSSR count). The van der Waals surface area contributed by atoms with Crippen molar-refractivity contribution in [2.45, 2.75) is 6.04 Å². The van der Waals surface area contributed by atoms with Gasteiger partial charge in [-0.15, -0.1) is 0 Å². The first-order chi connectivity index (χ1) is 8.99. The van der Waals surface area contributed by atoms with Gasteiger partial charge in [-0.05, 0) is 18.2 Å². The van der Waals surface area contributed by atoms with E-state index >= 15 is 0 Å². The van der Waals surface area contributed by atoms with E-state index < -0.39 is 0 Å². The van der Waals surface area contributed by atoms with E-state index in [0.29, 0.717) is 23.5 Å². The van der Waals surface area contributed by atoms with Crippen molar-refractivity contribution in [3.63, 3.8) is 0 Å². The Morgan fingerprint density at radius 3 is 2.68 bits per heavy atom. The number of hydrogen-bond acceptors (Lipinski definition) is 5. The number of carbonyl (C=O) groups excluding carboxylic acids is 1. The van der Waals surface area contributed by atoms with Crippen LogP contribution in [0, 0.1) is 0 Å². The summed E-state index contributed by atoms with van der Waals surface area (Å²) < 4.78 is 4.98. The lowest BCUT2D eigenvalue weighted by atomic mass is 10.1. The van der Waals surface area contributed by atoms with Crippen LogP contribution in [0.1, 0.15) is 10.4 Å². The number of nitrogens with zero attached hydrogens (tertiary/aromatic N) is 1. The van der Waals surface area contributed by atoms with E-state index in [0.717, 1.165) is 0 Å². The van der Waals surface area contributed by atoms with Crippen molar-refractivity contribution >= 4 is 17.3 Å². The molecule has 0 bridgehead atoms. The molecule has 6 nitrogen and oxygen atoms in total. The summed E-state index contributed by atoms with van der Waals surface area (Å²) in [7, 11) is 4.93. The molecule has 0 radical (unpaired) electrons. The molecule has 0 spiro atoms. The van der Waals surface area contributed by atoms with Gasteiger partial charge in [-0.2, -0.15) is 0 Å². The van der Waals surface area contributed by atoms with Crippen LogP contribution in [0.2, 0.25) is 0 Å². The average molecular weight is 267 g/mol. The molecule has 0 aliphatic heterocycles. The van der Waals surface area contributed by atoms with Crippen molar-refractivity contribution in [3.8, 4) is 0 Å². The van der Waals surface area contributed by atoms with Crippen LogP contribution in [-0.2, 0) is 4.74 Å². The summed E-state index contributed by atoms with van der Waals surface area (Å²) in [6, 6.07) is 4.81. The third kappa shape index (κ3) is 4.11. The third-order valence-electron chi connectivity index (χ3n) is 2.65. The summed E-state index contributed by atoms with van der Waals surface area (Å²) in [4.78, 5) is 13.3. The molecule has 0 saturated carbocycles. The highest BCUT2D eigenvalue weighted by Gasteiger charge is 2.12. The second-order valence-corrected chi connectivity index (χ2v) is 4.48. The molecule has 106 valence electrons. The van der Waals surface area contributed by atoms with Crippen molar-refractivity contribution in [1.82, 2.24) is 4.90 Å². The number of nitrogens with one attached hydrogen (secondary N) is 1. The molecule has 0 heterocycles. The zero-order chi connectivity index (χ0) is 14.4. The molecule has 6 heteroatoms. The van der Waals surface area contributed by atoms with Crippen molar-refractivity contribution < 1.29 is 14.6 Å². The first-order valence-corrected chi connectivity index (χ1v) is 5.97. The quantitative estimate of drug-likeness (QED) is 0.649. The fraction of sp³-hybridized carbons (Fsp3) is 0.462. The molecule has 1 aromatic rings. The first kappa shape index (κ1) is 15.3. The van der Waals surface area contributed by atoms with E-state index in [2.05, 4.69) is 5.32 Å². The highest BCUT2D eigenvalue weighted by atomic mass is 16.5. The van der Waals surface area contributed by atoms with Gasteiger partial charge < -0.3 is 25.8 Å². The van der Waals surface area contributed by atoms with Crippen LogP contribution in [0.25, 0.3) is 0 Å². The highest BCUT2D eigenvalue weighted by molar-refractivity contribution is 5.95. The maximum atomic E-state index is 11.8. The van der Waals surface area contributed by atoms with Gasteiger partial charge in [-0.3, -0.25) is 4.79 Å². The minimum absolute atomic E-state index is 0.0638. The van der Waals surface area contributed by atoms with Crippen molar-refractivity contribution in [1.29, 1.82) is 0 Å². The highest BCUT2D eigenvalue weighted by Crippen LogP contribution is 2.21. The Morgan fingerprint density at radius 1 is 1.53 bits per heavy atom. The predicted molar refractivity (Wildman–Crippen MR) is 75.2 cm³/mol. The lowest BCUT2D eigenvalue weighted by Gasteiger charge is -2.19. The van der Waals surface area contributed by atoms with Gasteiger partial charge in [0.25, 0.3) is 5.91 Å². The Morgan fingerprint density at radius 2 is 2.21 bits per heavy atom. The summed E-state index contributed by atoms with van der Waals surface area (Å²) >= 11 is 0. The lowest BCUT2D eigenvalue weighted by Crippen LogP contribution is -2.29. The Bertz CT molecular complexity index is 435. The number of aliphatic hydroxyl groups excluding tert-OH is 1. The minimum Gasteiger partial charge on any atom is -0.397 e. The number of benzene rings is 1. The molecule has 0 fully saturated rings. The number of amides is 1. The molecule has 1 unspecified atom stereocenters. The standard InChI is InChI=1S/C13H21N3O3/c1-16(2)13(18)9-4-5-12(11(14)6-9)15-10(7-17)8-19-3/h4-6,10,15,17H,7-8,14H2,1-3H3. The second kappa shape index (κ2) is 6.96. The monoisotopic (exact) mass is 267 g/mol. The van der Waals surface area contributed by atoms with E-state index in [1.54, 1.807) is 39.4 Å². The van der Waals surface area contributed by atoms with Gasteiger partial charge in [0.1, 0.15) is 0 Å². The second-order valence-electron chi connectivity index (χ2n) is 4.48. The van der Waals surface area contributed by atoms with Gasteiger partial charge in [0.15, 0.2) is 0 Å². The van der Waals surface area contributed by atoms with Crippen LogP contribution < -0.4 is 11.1 Å². The minimum atomic E-state index is -0.234. The molecule has 0 aromatic heterocycles. The van der Waals surface area contributed by atoms with Gasteiger partial charge >= 0.3 is 0 Å². The molecule has 1 atom stereocenters. The largest absolute Gasteiger partial charge is 0.397 e. The van der Waals surface area contributed by atoms with Crippen LogP contribution in [-0.4, -0.2) is 56.4 Å². The number of nitrogens with two attached hydrogens (primary N) is 1. The summed E-state index contributed by atoms with van der Waals surface area (Å²) in [6.07, 6.45) is 0. The van der Waals surface area contributed by atoms with Crippen LogP contribution in [0.4, 0.5) is 11.4 Å². The zero-order valence-electron chi connectivity index (χ0n) is 11.5. The fourth-order valence-corrected chi connectivity index (χ4v) is 1.65. The SMILES string of the molecule is COCC(CO)Nc1ccc(C(=O)N(C)C)cc1N. The summed E-state index contributed by atoms with van der Waals surface area (Å²) in [6.45, 7) is 0.306. The molecule has 1 aromatic carbocycles. The number of carbonyl (C=O) groups is 1. The molecule has 0 saturated heterocycles. The summed E-state index contributed by atoms with van der Waals surface area (Å²) in [5, 5.41) is 12.2. The Labute approximate surface area is 113 Å². The van der Waals surface area contributed by atoms with Crippen LogP contribution in [0.15, 0.2) is 18.2 Å². The average Bonchev–Trinajstić information content (AvgIpc) is 2.39. The van der Waals surface area contributed by atoms with Gasteiger partial charge in [0, 0.05) is 26.8 Å². The summed E-state index contributed by atoms with van der Waals surface area (Å²) in [5.41, 5.74) is 7.56. The number of rotatable bonds is 6. The van der Waals surface area contributed by atoms with Gasteiger partial charge in [0.05, 0.1) is 30.6 Å². The topological polar surface area (TPSA) is 87.8 Å². The number of ether oxygens (including phenoxy) is 1. The van der Waals surface area contributed by atoms with Crippen LogP contribution in [0.5, 0.6) is 0 Å². The zero-order valence-corrected chi connectivity index (χ0v) is 11.5. The lowest BCUT2D eigenvalue weighted by molar-refractivity contribution is 0.0827. The number of hydrogen-bond donors (Lipinski definition) is 3. The van der Waals surface area contributed by atoms with E-state index in [4.69, 9.17) is 10.5 Å².